The molecule has 144 valence electrons. The maximum atomic E-state index is 13.0. The van der Waals surface area contributed by atoms with Crippen LogP contribution in [-0.4, -0.2) is 73.7 Å². The molecule has 1 aromatic rings. The molecular weight excluding hydrogens is 350 g/mol. The van der Waals surface area contributed by atoms with Gasteiger partial charge in [-0.2, -0.15) is 4.31 Å². The number of likely N-dealkylation sites (N-methyl/N-ethyl adjacent to an activating group) is 1. The molecule has 2 saturated heterocycles. The first-order valence-electron chi connectivity index (χ1n) is 9.37. The van der Waals surface area contributed by atoms with Crippen LogP contribution in [0.2, 0.25) is 0 Å². The van der Waals surface area contributed by atoms with Gasteiger partial charge in [-0.05, 0) is 32.4 Å². The molecule has 7 heteroatoms. The number of hydrogen-bond acceptors (Lipinski definition) is 4. The maximum Gasteiger partial charge on any atom is 0.222 e. The molecule has 1 aromatic carbocycles. The summed E-state index contributed by atoms with van der Waals surface area (Å²) in [6.45, 7) is 5.11. The van der Waals surface area contributed by atoms with E-state index in [0.29, 0.717) is 39.1 Å². The summed E-state index contributed by atoms with van der Waals surface area (Å²) in [6.07, 6.45) is 2.03. The summed E-state index contributed by atoms with van der Waals surface area (Å²) in [4.78, 5) is 16.4. The van der Waals surface area contributed by atoms with Gasteiger partial charge in [-0.15, -0.1) is 0 Å². The van der Waals surface area contributed by atoms with E-state index < -0.39 is 10.0 Å². The Morgan fingerprint density at radius 1 is 1.08 bits per heavy atom. The molecule has 2 aliphatic rings. The second kappa shape index (κ2) is 7.66. The SMILES string of the molecule is CCN1CC[C@]2(CCC1=O)CN(S(=O)(=O)Cc1ccccc1)CCN2C. The zero-order chi connectivity index (χ0) is 18.8. The highest BCUT2D eigenvalue weighted by Gasteiger charge is 2.44. The Kier molecular flexibility index (Phi) is 5.69. The van der Waals surface area contributed by atoms with Crippen LogP contribution in [0, 0.1) is 0 Å². The van der Waals surface area contributed by atoms with Crippen LogP contribution < -0.4 is 0 Å². The van der Waals surface area contributed by atoms with Crippen LogP contribution >= 0.6 is 0 Å². The van der Waals surface area contributed by atoms with Crippen LogP contribution in [0.3, 0.4) is 0 Å². The van der Waals surface area contributed by atoms with Crippen LogP contribution in [0.4, 0.5) is 0 Å². The maximum absolute atomic E-state index is 13.0. The van der Waals surface area contributed by atoms with Gasteiger partial charge in [-0.25, -0.2) is 8.42 Å². The summed E-state index contributed by atoms with van der Waals surface area (Å²) in [6, 6.07) is 9.34. The Morgan fingerprint density at radius 3 is 2.50 bits per heavy atom. The normalized spacial score (nSPS) is 26.2. The van der Waals surface area contributed by atoms with E-state index in [1.807, 2.05) is 42.2 Å². The summed E-state index contributed by atoms with van der Waals surface area (Å²) < 4.78 is 27.6. The first-order valence-corrected chi connectivity index (χ1v) is 11.0. The summed E-state index contributed by atoms with van der Waals surface area (Å²) in [5, 5.41) is 0. The first-order chi connectivity index (χ1) is 12.4. The lowest BCUT2D eigenvalue weighted by Gasteiger charge is -2.48. The fraction of sp³-hybridized carbons (Fsp3) is 0.632. The molecule has 0 bridgehead atoms. The molecule has 6 nitrogen and oxygen atoms in total. The predicted molar refractivity (Wildman–Crippen MR) is 102 cm³/mol. The van der Waals surface area contributed by atoms with Crippen molar-refractivity contribution in [3.05, 3.63) is 35.9 Å². The summed E-state index contributed by atoms with van der Waals surface area (Å²) >= 11 is 0. The highest BCUT2D eigenvalue weighted by Crippen LogP contribution is 2.33. The second-order valence-corrected chi connectivity index (χ2v) is 9.41. The number of rotatable bonds is 4. The Bertz CT molecular complexity index is 738. The fourth-order valence-electron chi connectivity index (χ4n) is 4.11. The van der Waals surface area contributed by atoms with Gasteiger partial charge in [0.15, 0.2) is 0 Å². The van der Waals surface area contributed by atoms with E-state index in [1.165, 1.54) is 0 Å². The van der Waals surface area contributed by atoms with E-state index in [0.717, 1.165) is 18.4 Å². The van der Waals surface area contributed by atoms with Gasteiger partial charge in [-0.3, -0.25) is 9.69 Å². The number of piperazine rings is 1. The first kappa shape index (κ1) is 19.3. The lowest BCUT2D eigenvalue weighted by Crippen LogP contribution is -2.62. The molecule has 1 atom stereocenters. The zero-order valence-corrected chi connectivity index (χ0v) is 16.5. The van der Waals surface area contributed by atoms with Gasteiger partial charge in [0.2, 0.25) is 15.9 Å². The van der Waals surface area contributed by atoms with E-state index in [-0.39, 0.29) is 17.2 Å². The molecule has 1 amide bonds. The fourth-order valence-corrected chi connectivity index (χ4v) is 5.70. The molecule has 0 aromatic heterocycles. The highest BCUT2D eigenvalue weighted by molar-refractivity contribution is 7.88. The molecule has 26 heavy (non-hydrogen) atoms. The molecule has 2 heterocycles. The van der Waals surface area contributed by atoms with Crippen molar-refractivity contribution < 1.29 is 13.2 Å². The average Bonchev–Trinajstić information content (AvgIpc) is 2.78. The molecule has 0 unspecified atom stereocenters. The van der Waals surface area contributed by atoms with E-state index >= 15 is 0 Å². The molecule has 0 saturated carbocycles. The van der Waals surface area contributed by atoms with E-state index in [1.54, 1.807) is 4.31 Å². The standard InChI is InChI=1S/C19H29N3O3S/c1-3-21-12-11-19(10-9-18(21)23)16-22(14-13-20(19)2)26(24,25)15-17-7-5-4-6-8-17/h4-8H,3,9-16H2,1-2H3/t19-/m1/s1. The average molecular weight is 380 g/mol. The Hall–Kier alpha value is -1.44. The van der Waals surface area contributed by atoms with E-state index in [2.05, 4.69) is 11.9 Å². The van der Waals surface area contributed by atoms with Crippen molar-refractivity contribution in [1.29, 1.82) is 0 Å². The highest BCUT2D eigenvalue weighted by atomic mass is 32.2. The van der Waals surface area contributed by atoms with Crippen LogP contribution in [0.25, 0.3) is 0 Å². The largest absolute Gasteiger partial charge is 0.343 e. The van der Waals surface area contributed by atoms with Crippen molar-refractivity contribution in [2.24, 2.45) is 0 Å². The molecule has 3 rings (SSSR count). The Labute approximate surface area is 156 Å². The second-order valence-electron chi connectivity index (χ2n) is 7.44. The van der Waals surface area contributed by atoms with Crippen LogP contribution in [-0.2, 0) is 20.6 Å². The number of nitrogens with zero attached hydrogens (tertiary/aromatic N) is 3. The molecule has 1 spiro atoms. The van der Waals surface area contributed by atoms with Crippen molar-refractivity contribution >= 4 is 15.9 Å². The zero-order valence-electron chi connectivity index (χ0n) is 15.7. The number of likely N-dealkylation sites (tertiary alicyclic amines) is 1. The lowest BCUT2D eigenvalue weighted by molar-refractivity contribution is -0.130. The molecule has 0 aliphatic carbocycles. The van der Waals surface area contributed by atoms with Crippen LogP contribution in [0.5, 0.6) is 0 Å². The van der Waals surface area contributed by atoms with Crippen molar-refractivity contribution in [2.75, 3.05) is 39.8 Å². The lowest BCUT2D eigenvalue weighted by atomic mass is 9.87. The number of sulfonamides is 1. The summed E-state index contributed by atoms with van der Waals surface area (Å²) in [5.74, 6) is 0.218. The number of carbonyl (C=O) groups excluding carboxylic acids is 1. The van der Waals surface area contributed by atoms with Crippen molar-refractivity contribution in [3.63, 3.8) is 0 Å². The smallest absolute Gasteiger partial charge is 0.222 e. The molecule has 2 fully saturated rings. The van der Waals surface area contributed by atoms with Crippen molar-refractivity contribution in [2.45, 2.75) is 37.5 Å². The summed E-state index contributed by atoms with van der Waals surface area (Å²) in [5.41, 5.74) is 0.565. The van der Waals surface area contributed by atoms with Gasteiger partial charge >= 0.3 is 0 Å². The Morgan fingerprint density at radius 2 is 1.81 bits per heavy atom. The third-order valence-electron chi connectivity index (χ3n) is 5.94. The molecular formula is C19H29N3O3S. The summed E-state index contributed by atoms with van der Waals surface area (Å²) in [7, 11) is -1.31. The number of hydrogen-bond donors (Lipinski definition) is 0. The molecule has 2 aliphatic heterocycles. The predicted octanol–water partition coefficient (Wildman–Crippen LogP) is 1.53. The monoisotopic (exact) mass is 379 g/mol. The van der Waals surface area contributed by atoms with Gasteiger partial charge in [0.05, 0.1) is 5.75 Å². The van der Waals surface area contributed by atoms with Crippen LogP contribution in [0.1, 0.15) is 31.7 Å². The van der Waals surface area contributed by atoms with Gasteiger partial charge in [-0.1, -0.05) is 30.3 Å². The van der Waals surface area contributed by atoms with Crippen LogP contribution in [0.15, 0.2) is 30.3 Å². The number of amides is 1. The minimum atomic E-state index is -3.37. The van der Waals surface area contributed by atoms with Gasteiger partial charge in [0.1, 0.15) is 0 Å². The number of benzene rings is 1. The Balaban J connectivity index is 1.78. The van der Waals surface area contributed by atoms with Crippen molar-refractivity contribution in [3.8, 4) is 0 Å². The topological polar surface area (TPSA) is 60.9 Å². The van der Waals surface area contributed by atoms with E-state index in [4.69, 9.17) is 0 Å². The molecule has 0 N–H and O–H groups in total. The third kappa shape index (κ3) is 3.94. The van der Waals surface area contributed by atoms with Gasteiger partial charge in [0.25, 0.3) is 0 Å². The quantitative estimate of drug-likeness (QED) is 0.796. The van der Waals surface area contributed by atoms with Crippen molar-refractivity contribution in [1.82, 2.24) is 14.1 Å². The van der Waals surface area contributed by atoms with E-state index in [9.17, 15) is 13.2 Å². The number of carbonyl (C=O) groups is 1. The third-order valence-corrected chi connectivity index (χ3v) is 7.73. The molecule has 0 radical (unpaired) electrons. The minimum absolute atomic E-state index is 0.0354. The minimum Gasteiger partial charge on any atom is -0.343 e. The van der Waals surface area contributed by atoms with Gasteiger partial charge in [0, 0.05) is 44.7 Å². The van der Waals surface area contributed by atoms with Gasteiger partial charge < -0.3 is 4.90 Å².